The van der Waals surface area contributed by atoms with Crippen LogP contribution in [0.5, 0.6) is 0 Å². The molecular formula is C72H50N2Si. The quantitative estimate of drug-likeness (QED) is 0.0955. The number of hydrogen-bond donors (Lipinski definition) is 0. The number of hydrogen-bond acceptors (Lipinski definition) is 0. The molecule has 2 heterocycles. The van der Waals surface area contributed by atoms with Gasteiger partial charge in [-0.15, -0.1) is 0 Å². The van der Waals surface area contributed by atoms with Gasteiger partial charge in [0.15, 0.2) is 8.07 Å². The third kappa shape index (κ3) is 7.55. The van der Waals surface area contributed by atoms with Crippen molar-refractivity contribution in [3.8, 4) is 55.9 Å². The van der Waals surface area contributed by atoms with E-state index in [9.17, 15) is 0 Å². The van der Waals surface area contributed by atoms with Crippen molar-refractivity contribution in [2.24, 2.45) is 0 Å². The van der Waals surface area contributed by atoms with E-state index in [0.717, 1.165) is 11.4 Å². The second kappa shape index (κ2) is 18.5. The van der Waals surface area contributed by atoms with Gasteiger partial charge >= 0.3 is 0 Å². The third-order valence-corrected chi connectivity index (χ3v) is 20.2. The lowest BCUT2D eigenvalue weighted by molar-refractivity contribution is 1.18. The Morgan fingerprint density at radius 1 is 0.187 bits per heavy atom. The fourth-order valence-electron chi connectivity index (χ4n) is 12.0. The van der Waals surface area contributed by atoms with E-state index in [0.29, 0.717) is 0 Å². The van der Waals surface area contributed by atoms with Crippen LogP contribution in [0.2, 0.25) is 0 Å². The monoisotopic (exact) mass is 970 g/mol. The summed E-state index contributed by atoms with van der Waals surface area (Å²) in [5, 5.41) is 10.4. The number of aromatic nitrogens is 2. The molecule has 0 atom stereocenters. The molecule has 2 aromatic heterocycles. The summed E-state index contributed by atoms with van der Waals surface area (Å²) in [4.78, 5) is 0. The van der Waals surface area contributed by atoms with Crippen LogP contribution in [-0.4, -0.2) is 17.2 Å². The maximum atomic E-state index is 2.52. The van der Waals surface area contributed by atoms with Crippen molar-refractivity contribution in [2.45, 2.75) is 0 Å². The topological polar surface area (TPSA) is 9.86 Å². The Balaban J connectivity index is 0.898. The van der Waals surface area contributed by atoms with Crippen molar-refractivity contribution in [2.75, 3.05) is 0 Å². The highest BCUT2D eigenvalue weighted by molar-refractivity contribution is 7.20. The van der Waals surface area contributed by atoms with Gasteiger partial charge in [-0.05, 0) is 126 Å². The molecular weight excluding hydrogens is 921 g/mol. The lowest BCUT2D eigenvalue weighted by atomic mass is 9.98. The second-order valence-corrected chi connectivity index (χ2v) is 23.5. The van der Waals surface area contributed by atoms with Crippen molar-refractivity contribution >= 4 is 72.4 Å². The minimum atomic E-state index is -2.82. The van der Waals surface area contributed by atoms with Crippen LogP contribution in [0.1, 0.15) is 0 Å². The van der Waals surface area contributed by atoms with Gasteiger partial charge in [-0.2, -0.15) is 0 Å². The summed E-state index contributed by atoms with van der Waals surface area (Å²) in [6.07, 6.45) is 0. The number of benzene rings is 12. The first-order chi connectivity index (χ1) is 37.2. The molecule has 0 N–H and O–H groups in total. The molecule has 14 rings (SSSR count). The molecule has 0 unspecified atom stereocenters. The van der Waals surface area contributed by atoms with E-state index in [1.54, 1.807) is 0 Å². The van der Waals surface area contributed by atoms with Crippen LogP contribution >= 0.6 is 0 Å². The Morgan fingerprint density at radius 3 is 1.01 bits per heavy atom. The molecule has 14 aromatic rings. The van der Waals surface area contributed by atoms with Gasteiger partial charge in [-0.1, -0.05) is 243 Å². The predicted octanol–water partition coefficient (Wildman–Crippen LogP) is 15.9. The maximum absolute atomic E-state index is 2.82. The maximum Gasteiger partial charge on any atom is 0.179 e. The van der Waals surface area contributed by atoms with Gasteiger partial charge in [0.2, 0.25) is 0 Å². The summed E-state index contributed by atoms with van der Waals surface area (Å²) in [7, 11) is -2.82. The van der Waals surface area contributed by atoms with Crippen molar-refractivity contribution < 1.29 is 0 Å². The molecule has 0 saturated heterocycles. The van der Waals surface area contributed by atoms with E-state index in [1.807, 2.05) is 0 Å². The first-order valence-electron chi connectivity index (χ1n) is 25.9. The summed E-state index contributed by atoms with van der Waals surface area (Å²) < 4.78 is 4.91. The molecule has 0 amide bonds. The molecule has 0 spiro atoms. The molecule has 12 aromatic carbocycles. The summed E-state index contributed by atoms with van der Waals surface area (Å²) >= 11 is 0. The average Bonchev–Trinajstić information content (AvgIpc) is 4.01. The molecule has 0 aliphatic heterocycles. The Labute approximate surface area is 438 Å². The van der Waals surface area contributed by atoms with E-state index in [2.05, 4.69) is 312 Å². The van der Waals surface area contributed by atoms with Crippen molar-refractivity contribution in [3.63, 3.8) is 0 Å². The SMILES string of the molecule is c1ccc(-c2cccc(-n3c4ccccc4c4cc(-c5ccc(-c6ccc7c(c6)c6ccc([Si](c8ccccc8)(c8ccccc8)c8ccccc8)cc6n7-c6cccc(-c7ccccc7)c6)cc5)ccc43)c2)cc1. The Morgan fingerprint density at radius 2 is 0.533 bits per heavy atom. The molecule has 0 fully saturated rings. The highest BCUT2D eigenvalue weighted by Crippen LogP contribution is 2.39. The van der Waals surface area contributed by atoms with Gasteiger partial charge in [-0.25, -0.2) is 0 Å². The van der Waals surface area contributed by atoms with Crippen LogP contribution in [0.15, 0.2) is 303 Å². The zero-order chi connectivity index (χ0) is 49.7. The van der Waals surface area contributed by atoms with Gasteiger partial charge in [-0.3, -0.25) is 0 Å². The number of fused-ring (bicyclic) bond motifs is 6. The summed E-state index contributed by atoms with van der Waals surface area (Å²) in [6.45, 7) is 0. The van der Waals surface area contributed by atoms with Crippen LogP contribution in [0.4, 0.5) is 0 Å². The predicted molar refractivity (Wildman–Crippen MR) is 320 cm³/mol. The summed E-state index contributed by atoms with van der Waals surface area (Å²) in [5.41, 5.74) is 16.6. The lowest BCUT2D eigenvalue weighted by Gasteiger charge is -2.34. The number of nitrogens with zero attached hydrogens (tertiary/aromatic N) is 2. The Bertz CT molecular complexity index is 4270. The van der Waals surface area contributed by atoms with E-state index in [-0.39, 0.29) is 0 Å². The smallest absolute Gasteiger partial charge is 0.179 e. The normalized spacial score (nSPS) is 11.7. The van der Waals surface area contributed by atoms with Crippen LogP contribution in [0.3, 0.4) is 0 Å². The highest BCUT2D eigenvalue weighted by atomic mass is 28.3. The first kappa shape index (κ1) is 44.2. The lowest BCUT2D eigenvalue weighted by Crippen LogP contribution is -2.74. The van der Waals surface area contributed by atoms with Crippen LogP contribution in [-0.2, 0) is 0 Å². The molecule has 2 nitrogen and oxygen atoms in total. The van der Waals surface area contributed by atoms with Gasteiger partial charge in [0.05, 0.1) is 22.1 Å². The minimum absolute atomic E-state index is 1.14. The van der Waals surface area contributed by atoms with E-state index in [4.69, 9.17) is 0 Å². The zero-order valence-corrected chi connectivity index (χ0v) is 42.3. The highest BCUT2D eigenvalue weighted by Gasteiger charge is 2.41. The first-order valence-corrected chi connectivity index (χ1v) is 27.9. The molecule has 0 bridgehead atoms. The van der Waals surface area contributed by atoms with Gasteiger partial charge in [0.25, 0.3) is 0 Å². The minimum Gasteiger partial charge on any atom is -0.309 e. The Hall–Kier alpha value is -9.54. The van der Waals surface area contributed by atoms with Crippen LogP contribution in [0.25, 0.3) is 99.5 Å². The molecule has 0 aliphatic carbocycles. The molecule has 3 heteroatoms. The fraction of sp³-hybridized carbons (Fsp3) is 0. The Kier molecular flexibility index (Phi) is 10.9. The van der Waals surface area contributed by atoms with E-state index in [1.165, 1.54) is 109 Å². The standard InChI is InChI=1S/C72H50N2Si/c1-6-20-51(21-7-1)55-24-18-26-59(46-55)73-69-35-17-16-34-65(69)67-48-57(40-44-70(67)73)53-36-38-54(39-37-53)58-41-45-71-68(49-58)66-43-42-64(50-72(66)74(71)60-27-19-25-56(47-60)52-22-8-2-9-23-52)75(61-28-10-3-11-29-61,62-30-12-4-13-31-62)63-32-14-5-15-33-63/h1-50H. The third-order valence-electron chi connectivity index (χ3n) is 15.5. The largest absolute Gasteiger partial charge is 0.309 e. The van der Waals surface area contributed by atoms with Crippen LogP contribution in [0, 0.1) is 0 Å². The second-order valence-electron chi connectivity index (χ2n) is 19.6. The van der Waals surface area contributed by atoms with Gasteiger partial charge in [0, 0.05) is 32.9 Å². The molecule has 0 saturated carbocycles. The van der Waals surface area contributed by atoms with E-state index < -0.39 is 8.07 Å². The fourth-order valence-corrected chi connectivity index (χ4v) is 16.7. The van der Waals surface area contributed by atoms with Crippen molar-refractivity contribution in [1.29, 1.82) is 0 Å². The summed E-state index contributed by atoms with van der Waals surface area (Å²) in [5.74, 6) is 0. The molecule has 0 aliphatic rings. The van der Waals surface area contributed by atoms with Gasteiger partial charge in [0.1, 0.15) is 0 Å². The molecule has 0 radical (unpaired) electrons. The number of para-hydroxylation sites is 1. The number of rotatable bonds is 10. The summed E-state index contributed by atoms with van der Waals surface area (Å²) in [6, 6.07) is 112. The molecule has 352 valence electrons. The van der Waals surface area contributed by atoms with Crippen molar-refractivity contribution in [1.82, 2.24) is 9.13 Å². The molecule has 75 heavy (non-hydrogen) atoms. The van der Waals surface area contributed by atoms with Crippen LogP contribution < -0.4 is 20.7 Å². The van der Waals surface area contributed by atoms with Crippen molar-refractivity contribution in [3.05, 3.63) is 303 Å². The average molecular weight is 971 g/mol. The van der Waals surface area contributed by atoms with E-state index >= 15 is 0 Å². The zero-order valence-electron chi connectivity index (χ0n) is 41.3. The van der Waals surface area contributed by atoms with Gasteiger partial charge < -0.3 is 9.13 Å².